The zero-order valence-electron chi connectivity index (χ0n) is 10.2. The molecule has 20 heavy (non-hydrogen) atoms. The highest BCUT2D eigenvalue weighted by molar-refractivity contribution is 5.88. The number of nitrogens with zero attached hydrogens (tertiary/aromatic N) is 1. The van der Waals surface area contributed by atoms with E-state index in [9.17, 15) is 22.8 Å². The quantitative estimate of drug-likeness (QED) is 0.886. The first-order valence-electron chi connectivity index (χ1n) is 5.54. The van der Waals surface area contributed by atoms with Crippen LogP contribution >= 0.6 is 0 Å². The van der Waals surface area contributed by atoms with E-state index in [1.165, 1.54) is 13.0 Å². The second kappa shape index (κ2) is 4.62. The molecule has 0 aliphatic heterocycles. The maximum absolute atomic E-state index is 12.9. The van der Waals surface area contributed by atoms with Crippen LogP contribution < -0.4 is 5.69 Å². The minimum Gasteiger partial charge on any atom is -0.481 e. The minimum absolute atomic E-state index is 0.0330. The van der Waals surface area contributed by atoms with Crippen molar-refractivity contribution in [2.45, 2.75) is 19.0 Å². The molecule has 2 aromatic rings. The van der Waals surface area contributed by atoms with Crippen LogP contribution in [0.25, 0.3) is 10.9 Å². The van der Waals surface area contributed by atoms with Crippen molar-refractivity contribution in [2.75, 3.05) is 0 Å². The van der Waals surface area contributed by atoms with Crippen LogP contribution in [0, 0.1) is 0 Å². The van der Waals surface area contributed by atoms with Crippen molar-refractivity contribution >= 4 is 16.9 Å². The lowest BCUT2D eigenvalue weighted by molar-refractivity contribution is -0.138. The molecule has 0 spiro atoms. The SMILES string of the molecule is CC(C(=O)O)c1[nH]c(=O)nc2c(C(F)(F)F)cccc12. The molecule has 8 heteroatoms. The molecule has 1 atom stereocenters. The third-order valence-electron chi connectivity index (χ3n) is 2.89. The summed E-state index contributed by atoms with van der Waals surface area (Å²) in [5.41, 5.74) is -2.73. The lowest BCUT2D eigenvalue weighted by atomic mass is 10.0. The number of aromatic amines is 1. The summed E-state index contributed by atoms with van der Waals surface area (Å²) in [5, 5.41) is 8.92. The molecule has 0 aliphatic rings. The number of carboxylic acid groups (broad SMARTS) is 1. The molecule has 1 heterocycles. The first kappa shape index (κ1) is 14.0. The van der Waals surface area contributed by atoms with Gasteiger partial charge in [-0.1, -0.05) is 12.1 Å². The molecule has 5 nitrogen and oxygen atoms in total. The van der Waals surface area contributed by atoms with E-state index in [4.69, 9.17) is 5.11 Å². The molecule has 106 valence electrons. The van der Waals surface area contributed by atoms with Crippen LogP contribution in [0.15, 0.2) is 23.0 Å². The van der Waals surface area contributed by atoms with Crippen molar-refractivity contribution in [3.05, 3.63) is 39.9 Å². The van der Waals surface area contributed by atoms with Gasteiger partial charge >= 0.3 is 17.8 Å². The third kappa shape index (κ3) is 2.36. The summed E-state index contributed by atoms with van der Waals surface area (Å²) in [4.78, 5) is 27.9. The van der Waals surface area contributed by atoms with Gasteiger partial charge in [-0.25, -0.2) is 4.79 Å². The number of H-pyrrole nitrogens is 1. The summed E-state index contributed by atoms with van der Waals surface area (Å²) in [7, 11) is 0. The Hall–Kier alpha value is -2.38. The number of para-hydroxylation sites is 1. The first-order chi connectivity index (χ1) is 9.21. The smallest absolute Gasteiger partial charge is 0.418 e. The van der Waals surface area contributed by atoms with E-state index in [1.54, 1.807) is 0 Å². The van der Waals surface area contributed by atoms with Gasteiger partial charge in [-0.2, -0.15) is 18.2 Å². The van der Waals surface area contributed by atoms with Gasteiger partial charge in [0, 0.05) is 11.1 Å². The summed E-state index contributed by atoms with van der Waals surface area (Å²) in [6.45, 7) is 1.27. The molecule has 2 rings (SSSR count). The fourth-order valence-electron chi connectivity index (χ4n) is 1.89. The molecule has 0 bridgehead atoms. The molecule has 0 radical (unpaired) electrons. The van der Waals surface area contributed by atoms with Crippen LogP contribution in [-0.4, -0.2) is 21.0 Å². The van der Waals surface area contributed by atoms with Crippen LogP contribution in [0.4, 0.5) is 13.2 Å². The van der Waals surface area contributed by atoms with E-state index in [0.717, 1.165) is 12.1 Å². The largest absolute Gasteiger partial charge is 0.481 e. The topological polar surface area (TPSA) is 83.0 Å². The van der Waals surface area contributed by atoms with E-state index >= 15 is 0 Å². The van der Waals surface area contributed by atoms with Gasteiger partial charge in [-0.3, -0.25) is 4.79 Å². The number of rotatable bonds is 2. The van der Waals surface area contributed by atoms with Crippen molar-refractivity contribution < 1.29 is 23.1 Å². The summed E-state index contributed by atoms with van der Waals surface area (Å²) >= 11 is 0. The van der Waals surface area contributed by atoms with Crippen LogP contribution in [0.2, 0.25) is 0 Å². The lowest BCUT2D eigenvalue weighted by Crippen LogP contribution is -2.20. The molecular formula is C12H9F3N2O3. The number of aromatic nitrogens is 2. The Morgan fingerprint density at radius 1 is 1.40 bits per heavy atom. The highest BCUT2D eigenvalue weighted by Gasteiger charge is 2.34. The highest BCUT2D eigenvalue weighted by atomic mass is 19.4. The van der Waals surface area contributed by atoms with E-state index in [-0.39, 0.29) is 11.1 Å². The average molecular weight is 286 g/mol. The van der Waals surface area contributed by atoms with Crippen molar-refractivity contribution in [1.29, 1.82) is 0 Å². The molecule has 1 unspecified atom stereocenters. The molecule has 0 fully saturated rings. The predicted molar refractivity (Wildman–Crippen MR) is 63.4 cm³/mol. The Morgan fingerprint density at radius 2 is 2.05 bits per heavy atom. The number of hydrogen-bond acceptors (Lipinski definition) is 3. The fraction of sp³-hybridized carbons (Fsp3) is 0.250. The number of halogens is 3. The molecule has 0 saturated carbocycles. The number of nitrogens with one attached hydrogen (secondary N) is 1. The third-order valence-corrected chi connectivity index (χ3v) is 2.89. The van der Waals surface area contributed by atoms with Crippen LogP contribution in [0.5, 0.6) is 0 Å². The number of carboxylic acids is 1. The van der Waals surface area contributed by atoms with Gasteiger partial charge < -0.3 is 10.1 Å². The average Bonchev–Trinajstić information content (AvgIpc) is 2.34. The van der Waals surface area contributed by atoms with Gasteiger partial charge in [-0.05, 0) is 13.0 Å². The van der Waals surface area contributed by atoms with E-state index in [2.05, 4.69) is 9.97 Å². The Balaban J connectivity index is 2.87. The van der Waals surface area contributed by atoms with Gasteiger partial charge in [-0.15, -0.1) is 0 Å². The van der Waals surface area contributed by atoms with E-state index < -0.39 is 34.8 Å². The highest BCUT2D eigenvalue weighted by Crippen LogP contribution is 2.34. The standard InChI is InChI=1S/C12H9F3N2O3/c1-5(10(18)19)8-6-3-2-4-7(12(13,14)15)9(6)17-11(20)16-8/h2-5H,1H3,(H,18,19)(H,16,17,20). The summed E-state index contributed by atoms with van der Waals surface area (Å²) in [6, 6.07) is 3.23. The van der Waals surface area contributed by atoms with Crippen LogP contribution in [0.3, 0.4) is 0 Å². The van der Waals surface area contributed by atoms with Gasteiger partial charge in [0.25, 0.3) is 0 Å². The molecule has 0 aliphatic carbocycles. The van der Waals surface area contributed by atoms with Crippen molar-refractivity contribution in [3.63, 3.8) is 0 Å². The van der Waals surface area contributed by atoms with Crippen molar-refractivity contribution in [1.82, 2.24) is 9.97 Å². The summed E-state index contributed by atoms with van der Waals surface area (Å²) < 4.78 is 38.6. The molecule has 1 aromatic heterocycles. The molecule has 2 N–H and O–H groups in total. The minimum atomic E-state index is -4.68. The number of aliphatic carboxylic acids is 1. The first-order valence-corrected chi connectivity index (χ1v) is 5.54. The Labute approximate surface area is 110 Å². The van der Waals surface area contributed by atoms with E-state index in [1.807, 2.05) is 0 Å². The van der Waals surface area contributed by atoms with Crippen LogP contribution in [0.1, 0.15) is 24.1 Å². The fourth-order valence-corrected chi connectivity index (χ4v) is 1.89. The lowest BCUT2D eigenvalue weighted by Gasteiger charge is -2.13. The second-order valence-electron chi connectivity index (χ2n) is 4.22. The van der Waals surface area contributed by atoms with Gasteiger partial charge in [0.05, 0.1) is 17.0 Å². The predicted octanol–water partition coefficient (Wildman–Crippen LogP) is 2.13. The number of benzene rings is 1. The van der Waals surface area contributed by atoms with Gasteiger partial charge in [0.2, 0.25) is 0 Å². The Kier molecular flexibility index (Phi) is 3.24. The second-order valence-corrected chi connectivity index (χ2v) is 4.22. The maximum Gasteiger partial charge on any atom is 0.418 e. The number of carbonyl (C=O) groups is 1. The van der Waals surface area contributed by atoms with E-state index in [0.29, 0.717) is 0 Å². The number of alkyl halides is 3. The number of hydrogen-bond donors (Lipinski definition) is 2. The van der Waals surface area contributed by atoms with Gasteiger partial charge in [0.15, 0.2) is 0 Å². The monoisotopic (exact) mass is 286 g/mol. The van der Waals surface area contributed by atoms with Crippen molar-refractivity contribution in [2.24, 2.45) is 0 Å². The Bertz CT molecular complexity index is 737. The summed E-state index contributed by atoms with van der Waals surface area (Å²) in [6.07, 6.45) is -4.68. The zero-order valence-corrected chi connectivity index (χ0v) is 10.2. The van der Waals surface area contributed by atoms with Gasteiger partial charge in [0.1, 0.15) is 0 Å². The Morgan fingerprint density at radius 3 is 2.60 bits per heavy atom. The molecular weight excluding hydrogens is 277 g/mol. The molecule has 0 saturated heterocycles. The maximum atomic E-state index is 12.9. The van der Waals surface area contributed by atoms with Crippen molar-refractivity contribution in [3.8, 4) is 0 Å². The molecule has 0 amide bonds. The normalized spacial score (nSPS) is 13.4. The zero-order chi connectivity index (χ0) is 15.1. The van der Waals surface area contributed by atoms with Crippen LogP contribution in [-0.2, 0) is 11.0 Å². The number of fused-ring (bicyclic) bond motifs is 1. The summed E-state index contributed by atoms with van der Waals surface area (Å²) in [5.74, 6) is -2.41. The molecule has 1 aromatic carbocycles.